The lowest BCUT2D eigenvalue weighted by atomic mass is 10.00. The van der Waals surface area contributed by atoms with E-state index in [1.54, 1.807) is 16.2 Å². The minimum atomic E-state index is -0.119. The van der Waals surface area contributed by atoms with E-state index in [1.807, 2.05) is 43.0 Å². The Morgan fingerprint density at radius 3 is 2.77 bits per heavy atom. The van der Waals surface area contributed by atoms with E-state index in [0.717, 1.165) is 30.6 Å². The van der Waals surface area contributed by atoms with Crippen LogP contribution in [0.3, 0.4) is 0 Å². The molecule has 0 spiro atoms. The molecule has 1 aliphatic heterocycles. The van der Waals surface area contributed by atoms with Gasteiger partial charge < -0.3 is 14.5 Å². The third-order valence-corrected chi connectivity index (χ3v) is 7.06. The van der Waals surface area contributed by atoms with Crippen LogP contribution in [-0.4, -0.2) is 47.9 Å². The van der Waals surface area contributed by atoms with Crippen LogP contribution < -0.4 is 4.74 Å². The highest BCUT2D eigenvalue weighted by molar-refractivity contribution is 7.10. The maximum absolute atomic E-state index is 13.3. The molecular weight excluding hydrogens is 396 g/mol. The molecule has 0 radical (unpaired) electrons. The molecule has 1 aliphatic carbocycles. The number of fused-ring (bicyclic) bond motifs is 1. The predicted octanol–water partition coefficient (Wildman–Crippen LogP) is 4.21. The van der Waals surface area contributed by atoms with Gasteiger partial charge in [-0.15, -0.1) is 11.3 Å². The highest BCUT2D eigenvalue weighted by Crippen LogP contribution is 2.35. The SMILES string of the molecule is CCC(=O)N(CC(=O)N1CCc2sccc2[C@@H]1COc1ccccc1C)CC1CC1. The lowest BCUT2D eigenvalue weighted by molar-refractivity contribution is -0.142. The van der Waals surface area contributed by atoms with Gasteiger partial charge in [0.15, 0.2) is 0 Å². The van der Waals surface area contributed by atoms with Crippen molar-refractivity contribution < 1.29 is 14.3 Å². The number of benzene rings is 1. The molecule has 30 heavy (non-hydrogen) atoms. The number of nitrogens with zero attached hydrogens (tertiary/aromatic N) is 2. The van der Waals surface area contributed by atoms with Gasteiger partial charge in [0.1, 0.15) is 12.4 Å². The fourth-order valence-electron chi connectivity index (χ4n) is 4.11. The number of rotatable bonds is 8. The molecule has 0 N–H and O–H groups in total. The van der Waals surface area contributed by atoms with Gasteiger partial charge in [-0.05, 0) is 60.7 Å². The van der Waals surface area contributed by atoms with Crippen LogP contribution in [0.5, 0.6) is 5.75 Å². The summed E-state index contributed by atoms with van der Waals surface area (Å²) in [4.78, 5) is 30.8. The van der Waals surface area contributed by atoms with Crippen molar-refractivity contribution in [2.24, 2.45) is 5.92 Å². The summed E-state index contributed by atoms with van der Waals surface area (Å²) in [6.07, 6.45) is 3.63. The van der Waals surface area contributed by atoms with Crippen LogP contribution in [0.2, 0.25) is 0 Å². The maximum atomic E-state index is 13.3. The zero-order chi connectivity index (χ0) is 21.1. The Labute approximate surface area is 182 Å². The highest BCUT2D eigenvalue weighted by Gasteiger charge is 2.34. The summed E-state index contributed by atoms with van der Waals surface area (Å²) >= 11 is 1.75. The van der Waals surface area contributed by atoms with E-state index in [2.05, 4.69) is 11.4 Å². The van der Waals surface area contributed by atoms with Gasteiger partial charge in [0.2, 0.25) is 11.8 Å². The molecule has 0 saturated heterocycles. The standard InChI is InChI=1S/C24H30N2O3S/c1-3-23(27)25(14-18-8-9-18)15-24(28)26-12-10-22-19(11-13-30-22)20(26)16-29-21-7-5-4-6-17(21)2/h4-7,11,13,18,20H,3,8-10,12,14-16H2,1-2H3/t20-/m0/s1. The second-order valence-corrected chi connectivity index (χ2v) is 9.30. The van der Waals surface area contributed by atoms with Crippen molar-refractivity contribution in [1.29, 1.82) is 0 Å². The van der Waals surface area contributed by atoms with Crippen molar-refractivity contribution in [2.75, 3.05) is 26.2 Å². The van der Waals surface area contributed by atoms with Crippen LogP contribution in [0.1, 0.15) is 48.2 Å². The van der Waals surface area contributed by atoms with E-state index >= 15 is 0 Å². The Kier molecular flexibility index (Phi) is 6.42. The summed E-state index contributed by atoms with van der Waals surface area (Å²) in [6.45, 7) is 5.87. The fraction of sp³-hybridized carbons (Fsp3) is 0.500. The zero-order valence-corrected chi connectivity index (χ0v) is 18.6. The molecule has 1 aromatic heterocycles. The molecule has 2 aromatic rings. The maximum Gasteiger partial charge on any atom is 0.242 e. The average molecular weight is 427 g/mol. The average Bonchev–Trinajstić information content (AvgIpc) is 3.44. The van der Waals surface area contributed by atoms with E-state index < -0.39 is 0 Å². The van der Waals surface area contributed by atoms with Crippen LogP contribution >= 0.6 is 11.3 Å². The first-order chi connectivity index (χ1) is 14.6. The minimum Gasteiger partial charge on any atom is -0.491 e. The minimum absolute atomic E-state index is 0.0210. The topological polar surface area (TPSA) is 49.9 Å². The number of hydrogen-bond acceptors (Lipinski definition) is 4. The number of para-hydroxylation sites is 1. The molecule has 2 aliphatic rings. The van der Waals surface area contributed by atoms with Gasteiger partial charge >= 0.3 is 0 Å². The molecule has 6 heteroatoms. The summed E-state index contributed by atoms with van der Waals surface area (Å²) in [6, 6.07) is 9.96. The van der Waals surface area contributed by atoms with Crippen LogP contribution in [0, 0.1) is 12.8 Å². The van der Waals surface area contributed by atoms with Crippen molar-refractivity contribution in [3.8, 4) is 5.75 Å². The highest BCUT2D eigenvalue weighted by atomic mass is 32.1. The summed E-state index contributed by atoms with van der Waals surface area (Å²) in [7, 11) is 0. The summed E-state index contributed by atoms with van der Waals surface area (Å²) in [5.41, 5.74) is 2.27. The molecular formula is C24H30N2O3S. The third kappa shape index (κ3) is 4.69. The second-order valence-electron chi connectivity index (χ2n) is 8.30. The molecule has 2 heterocycles. The van der Waals surface area contributed by atoms with Gasteiger partial charge in [-0.2, -0.15) is 0 Å². The number of hydrogen-bond donors (Lipinski definition) is 0. The third-order valence-electron chi connectivity index (χ3n) is 6.06. The summed E-state index contributed by atoms with van der Waals surface area (Å²) < 4.78 is 6.16. The molecule has 0 unspecified atom stereocenters. The monoisotopic (exact) mass is 426 g/mol. The quantitative estimate of drug-likeness (QED) is 0.635. The van der Waals surface area contributed by atoms with Crippen molar-refractivity contribution in [3.63, 3.8) is 0 Å². The van der Waals surface area contributed by atoms with Gasteiger partial charge in [0.05, 0.1) is 12.6 Å². The smallest absolute Gasteiger partial charge is 0.242 e. The number of carbonyl (C=O) groups excluding carboxylic acids is 2. The van der Waals surface area contributed by atoms with E-state index in [1.165, 1.54) is 10.4 Å². The summed E-state index contributed by atoms with van der Waals surface area (Å²) in [5, 5.41) is 2.10. The number of amides is 2. The lowest BCUT2D eigenvalue weighted by Gasteiger charge is -2.37. The van der Waals surface area contributed by atoms with Gasteiger partial charge in [-0.3, -0.25) is 9.59 Å². The van der Waals surface area contributed by atoms with Gasteiger partial charge in [-0.25, -0.2) is 0 Å². The Morgan fingerprint density at radius 2 is 2.03 bits per heavy atom. The lowest BCUT2D eigenvalue weighted by Crippen LogP contribution is -2.48. The normalized spacial score (nSPS) is 18.1. The van der Waals surface area contributed by atoms with Crippen molar-refractivity contribution >= 4 is 23.2 Å². The fourth-order valence-corrected chi connectivity index (χ4v) is 5.03. The van der Waals surface area contributed by atoms with Crippen LogP contribution in [-0.2, 0) is 16.0 Å². The zero-order valence-electron chi connectivity index (χ0n) is 17.8. The van der Waals surface area contributed by atoms with Crippen molar-refractivity contribution in [2.45, 2.75) is 45.6 Å². The Morgan fingerprint density at radius 1 is 1.23 bits per heavy atom. The van der Waals surface area contributed by atoms with Gasteiger partial charge in [0, 0.05) is 24.4 Å². The van der Waals surface area contributed by atoms with Crippen LogP contribution in [0.15, 0.2) is 35.7 Å². The Balaban J connectivity index is 1.50. The van der Waals surface area contributed by atoms with Gasteiger partial charge in [-0.1, -0.05) is 25.1 Å². The number of ether oxygens (including phenoxy) is 1. The molecule has 1 aromatic carbocycles. The van der Waals surface area contributed by atoms with Crippen molar-refractivity contribution in [1.82, 2.24) is 9.80 Å². The van der Waals surface area contributed by atoms with E-state index in [9.17, 15) is 9.59 Å². The van der Waals surface area contributed by atoms with Crippen molar-refractivity contribution in [3.05, 3.63) is 51.7 Å². The molecule has 160 valence electrons. The molecule has 4 rings (SSSR count). The molecule has 2 amide bonds. The molecule has 1 fully saturated rings. The number of carbonyl (C=O) groups is 2. The first kappa shape index (κ1) is 20.9. The van der Waals surface area contributed by atoms with Crippen LogP contribution in [0.25, 0.3) is 0 Å². The van der Waals surface area contributed by atoms with E-state index in [4.69, 9.17) is 4.74 Å². The number of thiophene rings is 1. The first-order valence-corrected chi connectivity index (χ1v) is 11.8. The predicted molar refractivity (Wildman–Crippen MR) is 119 cm³/mol. The summed E-state index contributed by atoms with van der Waals surface area (Å²) in [5.74, 6) is 1.51. The van der Waals surface area contributed by atoms with Crippen LogP contribution in [0.4, 0.5) is 0 Å². The second kappa shape index (κ2) is 9.21. The largest absolute Gasteiger partial charge is 0.491 e. The molecule has 0 bridgehead atoms. The molecule has 5 nitrogen and oxygen atoms in total. The Hall–Kier alpha value is -2.34. The Bertz CT molecular complexity index is 905. The molecule has 1 saturated carbocycles. The van der Waals surface area contributed by atoms with Gasteiger partial charge in [0.25, 0.3) is 0 Å². The van der Waals surface area contributed by atoms with E-state index in [0.29, 0.717) is 32.0 Å². The van der Waals surface area contributed by atoms with E-state index in [-0.39, 0.29) is 24.4 Å². The molecule has 1 atom stereocenters. The first-order valence-electron chi connectivity index (χ1n) is 10.9. The number of aryl methyl sites for hydroxylation is 1.